The van der Waals surface area contributed by atoms with Gasteiger partial charge < -0.3 is 14.5 Å². The zero-order valence-electron chi connectivity index (χ0n) is 16.4. The van der Waals surface area contributed by atoms with Crippen molar-refractivity contribution in [3.63, 3.8) is 0 Å². The normalized spacial score (nSPS) is 18.5. The van der Waals surface area contributed by atoms with Gasteiger partial charge in [0.25, 0.3) is 0 Å². The summed E-state index contributed by atoms with van der Waals surface area (Å²) < 4.78 is 4.88. The van der Waals surface area contributed by atoms with Gasteiger partial charge in [0.05, 0.1) is 12.6 Å². The molecule has 1 atom stereocenters. The van der Waals surface area contributed by atoms with Gasteiger partial charge in [0, 0.05) is 31.2 Å². The topological polar surface area (TPSA) is 66.9 Å². The summed E-state index contributed by atoms with van der Waals surface area (Å²) in [6, 6.07) is 10.3. The number of carbonyl (C=O) groups is 3. The van der Waals surface area contributed by atoms with Crippen LogP contribution in [0.4, 0.5) is 0 Å². The summed E-state index contributed by atoms with van der Waals surface area (Å²) in [5.74, 6) is -0.0677. The molecule has 1 aromatic rings. The van der Waals surface area contributed by atoms with Crippen molar-refractivity contribution >= 4 is 17.8 Å². The van der Waals surface area contributed by atoms with Crippen molar-refractivity contribution in [2.75, 3.05) is 19.7 Å². The minimum atomic E-state index is -0.392. The molecule has 1 unspecified atom stereocenters. The van der Waals surface area contributed by atoms with Crippen LogP contribution in [0.1, 0.15) is 44.2 Å². The molecule has 2 heterocycles. The molecule has 2 saturated heterocycles. The summed E-state index contributed by atoms with van der Waals surface area (Å²) in [5, 5.41) is 0. The number of nitrogens with zero attached hydrogens (tertiary/aromatic N) is 2. The summed E-state index contributed by atoms with van der Waals surface area (Å²) in [4.78, 5) is 37.0. The van der Waals surface area contributed by atoms with Gasteiger partial charge in [-0.25, -0.2) is 4.79 Å². The van der Waals surface area contributed by atoms with Crippen LogP contribution < -0.4 is 0 Å². The van der Waals surface area contributed by atoms with Crippen LogP contribution in [0.5, 0.6) is 0 Å². The molecular formula is C22H28N2O4. The van der Waals surface area contributed by atoms with Crippen molar-refractivity contribution in [3.05, 3.63) is 60.8 Å². The van der Waals surface area contributed by atoms with Crippen molar-refractivity contribution in [1.82, 2.24) is 9.80 Å². The third-order valence-corrected chi connectivity index (χ3v) is 4.75. The number of esters is 1. The first kappa shape index (κ1) is 21.4. The fraction of sp³-hybridized carbons (Fsp3) is 0.409. The molecule has 0 spiro atoms. The maximum absolute atomic E-state index is 11.4. The molecule has 28 heavy (non-hydrogen) atoms. The molecule has 150 valence electrons. The molecule has 0 saturated carbocycles. The van der Waals surface area contributed by atoms with Crippen LogP contribution in [0.2, 0.25) is 0 Å². The van der Waals surface area contributed by atoms with Gasteiger partial charge in [-0.1, -0.05) is 43.5 Å². The fourth-order valence-corrected chi connectivity index (χ4v) is 3.25. The lowest BCUT2D eigenvalue weighted by Crippen LogP contribution is -2.29. The van der Waals surface area contributed by atoms with Crippen molar-refractivity contribution in [2.45, 2.75) is 38.6 Å². The first-order chi connectivity index (χ1) is 13.4. The van der Waals surface area contributed by atoms with Gasteiger partial charge >= 0.3 is 5.97 Å². The Labute approximate surface area is 166 Å². The number of rotatable bonds is 6. The smallest absolute Gasteiger partial charge is 0.333 e. The van der Waals surface area contributed by atoms with E-state index in [9.17, 15) is 14.4 Å². The molecule has 0 aliphatic carbocycles. The first-order valence-electron chi connectivity index (χ1n) is 9.53. The largest absolute Gasteiger partial charge is 0.460 e. The Hall–Kier alpha value is -2.89. The van der Waals surface area contributed by atoms with E-state index in [1.54, 1.807) is 22.9 Å². The summed E-state index contributed by atoms with van der Waals surface area (Å²) in [5.41, 5.74) is 1.58. The zero-order chi connectivity index (χ0) is 20.5. The molecule has 0 radical (unpaired) electrons. The quantitative estimate of drug-likeness (QED) is 0.558. The lowest BCUT2D eigenvalue weighted by molar-refractivity contribution is -0.141. The Morgan fingerprint density at radius 1 is 1.21 bits per heavy atom. The van der Waals surface area contributed by atoms with E-state index in [4.69, 9.17) is 4.74 Å². The van der Waals surface area contributed by atoms with E-state index < -0.39 is 5.97 Å². The average molecular weight is 384 g/mol. The highest BCUT2D eigenvalue weighted by molar-refractivity contribution is 5.87. The molecular weight excluding hydrogens is 356 g/mol. The van der Waals surface area contributed by atoms with Gasteiger partial charge in [-0.15, -0.1) is 0 Å². The van der Waals surface area contributed by atoms with E-state index in [0.29, 0.717) is 25.0 Å². The lowest BCUT2D eigenvalue weighted by Gasteiger charge is -2.20. The van der Waals surface area contributed by atoms with Crippen LogP contribution >= 0.6 is 0 Å². The number of carbonyl (C=O) groups excluding carboxylic acids is 3. The highest BCUT2D eigenvalue weighted by Gasteiger charge is 2.29. The second-order valence-electron chi connectivity index (χ2n) is 6.85. The second-order valence-corrected chi connectivity index (χ2v) is 6.85. The Bertz CT molecular complexity index is 729. The van der Waals surface area contributed by atoms with Crippen LogP contribution in [-0.4, -0.2) is 47.3 Å². The minimum absolute atomic E-state index is 0.149. The Balaban J connectivity index is 0.000000200. The molecule has 1 aromatic carbocycles. The number of hydrogen-bond acceptors (Lipinski definition) is 4. The van der Waals surface area contributed by atoms with Gasteiger partial charge in [-0.3, -0.25) is 9.59 Å². The summed E-state index contributed by atoms with van der Waals surface area (Å²) in [6.07, 6.45) is 4.69. The van der Waals surface area contributed by atoms with E-state index in [0.717, 1.165) is 19.4 Å². The number of ether oxygens (including phenoxy) is 1. The van der Waals surface area contributed by atoms with Crippen LogP contribution in [0.15, 0.2) is 55.3 Å². The monoisotopic (exact) mass is 384 g/mol. The average Bonchev–Trinajstić information content (AvgIpc) is 3.28. The Kier molecular flexibility index (Phi) is 7.99. The maximum atomic E-state index is 11.4. The van der Waals surface area contributed by atoms with Crippen LogP contribution in [0.25, 0.3) is 0 Å². The van der Waals surface area contributed by atoms with E-state index >= 15 is 0 Å². The molecule has 2 aliphatic heterocycles. The van der Waals surface area contributed by atoms with Gasteiger partial charge in [-0.2, -0.15) is 0 Å². The molecule has 0 aromatic heterocycles. The molecule has 6 heteroatoms. The summed E-state index contributed by atoms with van der Waals surface area (Å²) >= 11 is 0. The van der Waals surface area contributed by atoms with E-state index in [2.05, 4.69) is 25.3 Å². The van der Waals surface area contributed by atoms with Crippen LogP contribution in [0.3, 0.4) is 0 Å². The third kappa shape index (κ3) is 5.81. The Morgan fingerprint density at radius 3 is 2.50 bits per heavy atom. The number of amides is 2. The highest BCUT2D eigenvalue weighted by atomic mass is 16.5. The lowest BCUT2D eigenvalue weighted by atomic mass is 10.1. The van der Waals surface area contributed by atoms with Crippen molar-refractivity contribution < 1.29 is 19.1 Å². The third-order valence-electron chi connectivity index (χ3n) is 4.75. The van der Waals surface area contributed by atoms with E-state index in [-0.39, 0.29) is 24.5 Å². The van der Waals surface area contributed by atoms with Gasteiger partial charge in [-0.05, 0) is 25.3 Å². The molecule has 0 bridgehead atoms. The highest BCUT2D eigenvalue weighted by Crippen LogP contribution is 2.32. The zero-order valence-corrected chi connectivity index (χ0v) is 16.4. The fourth-order valence-electron chi connectivity index (χ4n) is 3.25. The van der Waals surface area contributed by atoms with Gasteiger partial charge in [0.1, 0.15) is 6.61 Å². The molecule has 2 aliphatic rings. The molecule has 0 N–H and O–H groups in total. The van der Waals surface area contributed by atoms with Crippen LogP contribution in [-0.2, 0) is 19.1 Å². The number of hydrogen-bond donors (Lipinski definition) is 0. The Morgan fingerprint density at radius 2 is 1.93 bits per heavy atom. The predicted molar refractivity (Wildman–Crippen MR) is 107 cm³/mol. The standard InChI is InChI=1S/C12H13NO.C10H15NO3/c1-2-13-11(8-9-12(13)14)10-6-4-3-5-7-10;1-8(2)10(13)14-7-6-11-5-3-4-9(11)12/h2-7,11H,1,8-9H2;1,3-7H2,2H3. The molecule has 2 fully saturated rings. The van der Waals surface area contributed by atoms with Gasteiger partial charge in [0.2, 0.25) is 11.8 Å². The number of benzene rings is 1. The minimum Gasteiger partial charge on any atom is -0.460 e. The van der Waals surface area contributed by atoms with E-state index in [1.165, 1.54) is 5.56 Å². The molecule has 2 amide bonds. The van der Waals surface area contributed by atoms with Crippen molar-refractivity contribution in [1.29, 1.82) is 0 Å². The van der Waals surface area contributed by atoms with Crippen molar-refractivity contribution in [2.24, 2.45) is 0 Å². The first-order valence-corrected chi connectivity index (χ1v) is 9.53. The maximum Gasteiger partial charge on any atom is 0.333 e. The predicted octanol–water partition coefficient (Wildman–Crippen LogP) is 3.22. The second kappa shape index (κ2) is 10.4. The molecule has 3 rings (SSSR count). The number of likely N-dealkylation sites (tertiary alicyclic amines) is 2. The van der Waals surface area contributed by atoms with Crippen LogP contribution in [0, 0.1) is 0 Å². The molecule has 6 nitrogen and oxygen atoms in total. The van der Waals surface area contributed by atoms with Gasteiger partial charge in [0.15, 0.2) is 0 Å². The summed E-state index contributed by atoms with van der Waals surface area (Å²) in [6.45, 7) is 10.3. The SMILES string of the molecule is C=C(C)C(=O)OCCN1CCCC1=O.C=CN1C(=O)CCC1c1ccccc1. The summed E-state index contributed by atoms with van der Waals surface area (Å²) in [7, 11) is 0. The van der Waals surface area contributed by atoms with Crippen molar-refractivity contribution in [3.8, 4) is 0 Å². The van der Waals surface area contributed by atoms with E-state index in [1.807, 2.05) is 18.2 Å².